The van der Waals surface area contributed by atoms with Crippen LogP contribution in [0.25, 0.3) is 0 Å². The van der Waals surface area contributed by atoms with Crippen LogP contribution in [0.3, 0.4) is 0 Å². The fourth-order valence-electron chi connectivity index (χ4n) is 12.8. The van der Waals surface area contributed by atoms with Gasteiger partial charge in [-0.05, 0) is 19.3 Å². The molecule has 4 saturated heterocycles. The van der Waals surface area contributed by atoms with Crippen molar-refractivity contribution >= 4 is 11.8 Å². The van der Waals surface area contributed by atoms with Crippen molar-refractivity contribution < 1.29 is 114 Å². The lowest BCUT2D eigenvalue weighted by Crippen LogP contribution is -2.69. The molecule has 4 aliphatic heterocycles. The Morgan fingerprint density at radius 1 is 0.419 bits per heavy atom. The third-order valence-electron chi connectivity index (χ3n) is 18.6. The van der Waals surface area contributed by atoms with E-state index in [0.717, 1.165) is 51.9 Å². The second-order valence-electron chi connectivity index (χ2n) is 26.4. The molecule has 8 unspecified atom stereocenters. The average Bonchev–Trinajstić information content (AvgIpc) is 0.784. The van der Waals surface area contributed by atoms with Crippen LogP contribution >= 0.6 is 0 Å². The first-order valence-corrected chi connectivity index (χ1v) is 35.9. The van der Waals surface area contributed by atoms with E-state index in [1.54, 1.807) is 6.08 Å². The van der Waals surface area contributed by atoms with Crippen molar-refractivity contribution in [1.82, 2.24) is 10.6 Å². The molecule has 0 aromatic heterocycles. The van der Waals surface area contributed by atoms with E-state index in [-0.39, 0.29) is 12.3 Å². The number of hydrogen-bond acceptors (Lipinski definition) is 23. The van der Waals surface area contributed by atoms with Gasteiger partial charge in [0, 0.05) is 13.3 Å². The molecule has 25 nitrogen and oxygen atoms in total. The monoisotopic (exact) mass is 1340 g/mol. The third kappa shape index (κ3) is 29.7. The summed E-state index contributed by atoms with van der Waals surface area (Å²) in [5, 5.41) is 147. The number of allylic oxidation sites excluding steroid dienone is 1. The lowest BCUT2D eigenvalue weighted by molar-refractivity contribution is -0.381. The van der Waals surface area contributed by atoms with Crippen molar-refractivity contribution in [2.24, 2.45) is 0 Å². The van der Waals surface area contributed by atoms with Crippen molar-refractivity contribution in [3.05, 3.63) is 12.2 Å². The van der Waals surface area contributed by atoms with E-state index in [1.807, 2.05) is 6.08 Å². The second-order valence-corrected chi connectivity index (χ2v) is 26.4. The normalized spacial score (nSPS) is 32.4. The van der Waals surface area contributed by atoms with Gasteiger partial charge in [0.05, 0.1) is 45.2 Å². The van der Waals surface area contributed by atoms with Crippen LogP contribution in [0.2, 0.25) is 0 Å². The molecule has 2 amide bonds. The van der Waals surface area contributed by atoms with Gasteiger partial charge in [0.15, 0.2) is 25.2 Å². The lowest BCUT2D eigenvalue weighted by Gasteiger charge is -2.50. The van der Waals surface area contributed by atoms with Crippen LogP contribution in [-0.4, -0.2) is 246 Å². The quantitative estimate of drug-likeness (QED) is 0.0301. The second kappa shape index (κ2) is 48.6. The predicted molar refractivity (Wildman–Crippen MR) is 345 cm³/mol. The number of carbonyl (C=O) groups is 2. The van der Waals surface area contributed by atoms with Crippen LogP contribution in [0.4, 0.5) is 0 Å². The van der Waals surface area contributed by atoms with Crippen molar-refractivity contribution in [2.75, 3.05) is 33.0 Å². The molecular weight excluding hydrogens is 1210 g/mol. The van der Waals surface area contributed by atoms with Crippen LogP contribution in [0.15, 0.2) is 12.2 Å². The molecule has 93 heavy (non-hydrogen) atoms. The summed E-state index contributed by atoms with van der Waals surface area (Å²) in [5.41, 5.74) is 0. The summed E-state index contributed by atoms with van der Waals surface area (Å²) in [4.78, 5) is 26.0. The topological polar surface area (TPSA) is 395 Å². The molecule has 0 aromatic rings. The minimum Gasteiger partial charge on any atom is -0.394 e. The Morgan fingerprint density at radius 3 is 1.25 bits per heavy atom. The van der Waals surface area contributed by atoms with Crippen LogP contribution < -0.4 is 10.6 Å². The number of amides is 2. The third-order valence-corrected chi connectivity index (χ3v) is 18.6. The highest BCUT2D eigenvalue weighted by atomic mass is 16.8. The molecule has 0 bridgehead atoms. The highest BCUT2D eigenvalue weighted by molar-refractivity contribution is 5.76. The van der Waals surface area contributed by atoms with Crippen LogP contribution in [0, 0.1) is 0 Å². The van der Waals surface area contributed by atoms with E-state index in [2.05, 4.69) is 24.5 Å². The molecule has 22 atom stereocenters. The molecule has 0 spiro atoms. The minimum atomic E-state index is -2.09. The fraction of sp³-hybridized carbons (Fsp3) is 0.941. The molecule has 0 radical (unpaired) electrons. The number of carbonyl (C=O) groups excluding carboxylic acids is 2. The number of hydrogen-bond donors (Lipinski definition) is 15. The fourth-order valence-corrected chi connectivity index (χ4v) is 12.8. The summed E-state index contributed by atoms with van der Waals surface area (Å²) >= 11 is 0. The summed E-state index contributed by atoms with van der Waals surface area (Å²) < 4.78 is 46.7. The van der Waals surface area contributed by atoms with Gasteiger partial charge in [0.1, 0.15) is 97.6 Å². The van der Waals surface area contributed by atoms with Crippen molar-refractivity contribution in [3.63, 3.8) is 0 Å². The molecule has 4 fully saturated rings. The van der Waals surface area contributed by atoms with Crippen LogP contribution in [-0.2, 0) is 47.5 Å². The first-order valence-electron chi connectivity index (χ1n) is 35.9. The SMILES string of the molecule is CCCCCCCCCCCCC/C=C/[C@@H](O)[C@H](CO[C@@H]1OC(CO)[C@@H](O[C@@H]2OC(CO)[C@H](O)[C@H](O[C@@H]3OC(CO)[C@H](O[C@@H]4OC(CO)[C@H](O)[C@H](O)C4O)[C@H](O)C3NC(C)=O)C2O)[C@H](O)C1O)NC(=O)CCCCCCCCCCCCCCCCCCCCCCC. The number of aliphatic hydroxyl groups excluding tert-OH is 13. The summed E-state index contributed by atoms with van der Waals surface area (Å²) in [6.45, 7) is 1.61. The highest BCUT2D eigenvalue weighted by Gasteiger charge is 2.56. The van der Waals surface area contributed by atoms with Crippen molar-refractivity contribution in [2.45, 2.75) is 374 Å². The zero-order valence-electron chi connectivity index (χ0n) is 56.3. The molecule has 0 aliphatic carbocycles. The van der Waals surface area contributed by atoms with Crippen LogP contribution in [0.5, 0.6) is 0 Å². The van der Waals surface area contributed by atoms with E-state index < -0.39 is 174 Å². The number of ether oxygens (including phenoxy) is 8. The highest BCUT2D eigenvalue weighted by Crippen LogP contribution is 2.35. The molecule has 4 heterocycles. The van der Waals surface area contributed by atoms with Gasteiger partial charge in [-0.1, -0.05) is 219 Å². The molecular formula is C68H126N2O23. The lowest BCUT2D eigenvalue weighted by atomic mass is 9.94. The zero-order chi connectivity index (χ0) is 67.9. The number of rotatable bonds is 51. The van der Waals surface area contributed by atoms with Gasteiger partial charge in [-0.3, -0.25) is 9.59 Å². The maximum Gasteiger partial charge on any atom is 0.220 e. The van der Waals surface area contributed by atoms with E-state index in [4.69, 9.17) is 37.9 Å². The van der Waals surface area contributed by atoms with Gasteiger partial charge in [-0.2, -0.15) is 0 Å². The molecule has 0 saturated carbocycles. The summed E-state index contributed by atoms with van der Waals surface area (Å²) in [6.07, 6.45) is 8.44. The molecule has 25 heteroatoms. The van der Waals surface area contributed by atoms with Gasteiger partial charge in [0.25, 0.3) is 0 Å². The Bertz CT molecular complexity index is 1930. The Kier molecular flexibility index (Phi) is 43.5. The smallest absolute Gasteiger partial charge is 0.220 e. The van der Waals surface area contributed by atoms with Crippen molar-refractivity contribution in [3.8, 4) is 0 Å². The van der Waals surface area contributed by atoms with Gasteiger partial charge in [0.2, 0.25) is 11.8 Å². The summed E-state index contributed by atoms with van der Waals surface area (Å²) in [7, 11) is 0. The van der Waals surface area contributed by atoms with E-state index >= 15 is 0 Å². The van der Waals surface area contributed by atoms with Crippen molar-refractivity contribution in [1.29, 1.82) is 0 Å². The van der Waals surface area contributed by atoms with Gasteiger partial charge in [-0.25, -0.2) is 0 Å². The summed E-state index contributed by atoms with van der Waals surface area (Å²) in [6, 6.07) is -2.68. The Labute approximate surface area is 553 Å². The Balaban J connectivity index is 1.32. The van der Waals surface area contributed by atoms with E-state index in [1.165, 1.54) is 154 Å². The average molecular weight is 1340 g/mol. The van der Waals surface area contributed by atoms with Gasteiger partial charge >= 0.3 is 0 Å². The predicted octanol–water partition coefficient (Wildman–Crippen LogP) is 4.12. The molecule has 546 valence electrons. The first-order chi connectivity index (χ1) is 45.0. The molecule has 0 aromatic carbocycles. The van der Waals surface area contributed by atoms with Gasteiger partial charge in [-0.15, -0.1) is 0 Å². The maximum atomic E-state index is 13.5. The number of aliphatic hydroxyl groups is 13. The standard InChI is InChI=1S/C68H126N2O23/c1-4-6-8-10-12-14-16-18-19-20-21-22-23-24-25-27-29-31-33-35-37-39-52(77)70-46(47(76)38-36-34-32-30-28-26-17-15-13-11-9-7-5-2)44-86-66-60(84)58(82)63(51(43-74)90-66)92-68-61(85)64(55(79)49(41-72)88-68)93-65-53(69-45(3)75)56(80)62(50(42-73)89-65)91-67-59(83)57(81)54(78)48(40-71)87-67/h36,38,46-51,53-68,71-74,76,78-85H,4-35,37,39-44H2,1-3H3,(H,69,75)(H,70,77)/b38-36+/t46-,47+,48?,49?,50?,51?,53?,54-,55-,56+,57-,58+,59?,60?,61?,62-,63+,64-,65-,66+,67-,68-/m0/s1. The number of nitrogens with one attached hydrogen (secondary N) is 2. The minimum absolute atomic E-state index is 0.214. The Morgan fingerprint density at radius 2 is 0.796 bits per heavy atom. The van der Waals surface area contributed by atoms with Crippen LogP contribution in [0.1, 0.15) is 239 Å². The van der Waals surface area contributed by atoms with E-state index in [9.17, 15) is 76.0 Å². The molecule has 4 aliphatic rings. The first kappa shape index (κ1) is 83.3. The Hall–Kier alpha value is -2.16. The van der Waals surface area contributed by atoms with Gasteiger partial charge < -0.3 is 115 Å². The maximum absolute atomic E-state index is 13.5. The number of unbranched alkanes of at least 4 members (excludes halogenated alkanes) is 31. The summed E-state index contributed by atoms with van der Waals surface area (Å²) in [5.74, 6) is -1.07. The molecule has 15 N–H and O–H groups in total. The van der Waals surface area contributed by atoms with E-state index in [0.29, 0.717) is 12.8 Å². The largest absolute Gasteiger partial charge is 0.394 e. The molecule has 4 rings (SSSR count). The zero-order valence-corrected chi connectivity index (χ0v) is 56.3.